The van der Waals surface area contributed by atoms with Crippen molar-refractivity contribution in [3.63, 3.8) is 0 Å². The van der Waals surface area contributed by atoms with Gasteiger partial charge in [-0.3, -0.25) is 4.99 Å². The van der Waals surface area contributed by atoms with E-state index >= 15 is 0 Å². The van der Waals surface area contributed by atoms with Gasteiger partial charge in [-0.25, -0.2) is 4.98 Å². The molecule has 0 amide bonds. The fourth-order valence-corrected chi connectivity index (χ4v) is 4.18. The van der Waals surface area contributed by atoms with Crippen LogP contribution < -0.4 is 25.0 Å². The first-order valence-corrected chi connectivity index (χ1v) is 11.3. The molecular formula is C24H34IN5O2. The number of hydrogen-bond donors (Lipinski definition) is 2. The monoisotopic (exact) mass is 551 g/mol. The molecule has 0 radical (unpaired) electrons. The highest BCUT2D eigenvalue weighted by Crippen LogP contribution is 2.35. The molecular weight excluding hydrogens is 517 g/mol. The smallest absolute Gasteiger partial charge is 0.191 e. The summed E-state index contributed by atoms with van der Waals surface area (Å²) in [5.41, 5.74) is 3.47. The molecule has 0 saturated carbocycles. The first kappa shape index (κ1) is 24.4. The fourth-order valence-electron chi connectivity index (χ4n) is 4.18. The zero-order valence-corrected chi connectivity index (χ0v) is 21.5. The molecule has 32 heavy (non-hydrogen) atoms. The molecule has 7 nitrogen and oxygen atoms in total. The number of aromatic nitrogens is 1. The van der Waals surface area contributed by atoms with Crippen molar-refractivity contribution in [2.75, 3.05) is 31.6 Å². The number of fused-ring (bicyclic) bond motifs is 1. The minimum atomic E-state index is 0. The third-order valence-electron chi connectivity index (χ3n) is 5.75. The normalized spacial score (nSPS) is 17.4. The zero-order chi connectivity index (χ0) is 21.6. The summed E-state index contributed by atoms with van der Waals surface area (Å²) in [4.78, 5) is 11.3. The van der Waals surface area contributed by atoms with Gasteiger partial charge in [0.1, 0.15) is 23.4 Å². The number of ether oxygens (including phenoxy) is 2. The van der Waals surface area contributed by atoms with Gasteiger partial charge in [0.15, 0.2) is 5.96 Å². The molecule has 2 aromatic rings. The summed E-state index contributed by atoms with van der Waals surface area (Å²) >= 11 is 0. The Morgan fingerprint density at radius 2 is 2.00 bits per heavy atom. The summed E-state index contributed by atoms with van der Waals surface area (Å²) in [5.74, 6) is 3.68. The zero-order valence-electron chi connectivity index (χ0n) is 19.2. The van der Waals surface area contributed by atoms with E-state index in [1.54, 1.807) is 7.05 Å². The van der Waals surface area contributed by atoms with Crippen molar-refractivity contribution in [3.05, 3.63) is 47.2 Å². The highest BCUT2D eigenvalue weighted by Gasteiger charge is 2.22. The number of rotatable bonds is 7. The van der Waals surface area contributed by atoms with Crippen LogP contribution in [0.2, 0.25) is 0 Å². The van der Waals surface area contributed by atoms with E-state index in [1.165, 1.54) is 24.0 Å². The minimum absolute atomic E-state index is 0. The maximum atomic E-state index is 5.93. The molecule has 0 bridgehead atoms. The average molecular weight is 551 g/mol. The van der Waals surface area contributed by atoms with Gasteiger partial charge in [0, 0.05) is 57.0 Å². The van der Waals surface area contributed by atoms with E-state index in [0.717, 1.165) is 48.4 Å². The molecule has 174 valence electrons. The molecule has 0 spiro atoms. The minimum Gasteiger partial charge on any atom is -0.494 e. The molecule has 1 aromatic carbocycles. The van der Waals surface area contributed by atoms with Gasteiger partial charge in [-0.1, -0.05) is 0 Å². The van der Waals surface area contributed by atoms with E-state index in [2.05, 4.69) is 50.6 Å². The second kappa shape index (κ2) is 11.6. The number of guanidine groups is 1. The average Bonchev–Trinajstić information content (AvgIpc) is 3.43. The maximum absolute atomic E-state index is 5.93. The number of aliphatic imine (C=N–C) groups is 1. The highest BCUT2D eigenvalue weighted by atomic mass is 127. The van der Waals surface area contributed by atoms with Gasteiger partial charge in [0.2, 0.25) is 0 Å². The summed E-state index contributed by atoms with van der Waals surface area (Å²) in [7, 11) is 1.79. The van der Waals surface area contributed by atoms with E-state index in [4.69, 9.17) is 9.47 Å². The maximum Gasteiger partial charge on any atom is 0.191 e. The number of nitrogens with zero attached hydrogens (tertiary/aromatic N) is 3. The van der Waals surface area contributed by atoms with Crippen molar-refractivity contribution in [1.82, 2.24) is 15.6 Å². The quantitative estimate of drug-likeness (QED) is 0.309. The van der Waals surface area contributed by atoms with Crippen LogP contribution in [0.1, 0.15) is 43.4 Å². The van der Waals surface area contributed by atoms with Crippen LogP contribution in [0.5, 0.6) is 11.5 Å². The largest absolute Gasteiger partial charge is 0.494 e. The Morgan fingerprint density at radius 3 is 2.75 bits per heavy atom. The van der Waals surface area contributed by atoms with Gasteiger partial charge in [0.05, 0.1) is 6.61 Å². The van der Waals surface area contributed by atoms with Crippen LogP contribution in [0.15, 0.2) is 35.5 Å². The van der Waals surface area contributed by atoms with E-state index in [0.29, 0.717) is 19.7 Å². The molecule has 1 aromatic heterocycles. The lowest BCUT2D eigenvalue weighted by Gasteiger charge is -2.18. The van der Waals surface area contributed by atoms with Crippen LogP contribution in [0, 0.1) is 0 Å². The Bertz CT molecular complexity index is 931. The first-order valence-electron chi connectivity index (χ1n) is 11.3. The predicted octanol–water partition coefficient (Wildman–Crippen LogP) is 3.89. The van der Waals surface area contributed by atoms with E-state index in [9.17, 15) is 0 Å². The lowest BCUT2D eigenvalue weighted by atomic mass is 10.1. The topological polar surface area (TPSA) is 71.0 Å². The lowest BCUT2D eigenvalue weighted by Crippen LogP contribution is -2.36. The van der Waals surface area contributed by atoms with Crippen LogP contribution in [0.25, 0.3) is 0 Å². The molecule has 1 atom stereocenters. The van der Waals surface area contributed by atoms with Crippen molar-refractivity contribution >= 4 is 35.8 Å². The van der Waals surface area contributed by atoms with Crippen molar-refractivity contribution < 1.29 is 9.47 Å². The second-order valence-corrected chi connectivity index (χ2v) is 8.13. The van der Waals surface area contributed by atoms with Crippen LogP contribution in [-0.2, 0) is 19.5 Å². The van der Waals surface area contributed by atoms with E-state index in [1.807, 2.05) is 19.2 Å². The molecule has 2 N–H and O–H groups in total. The standard InChI is InChI=1S/C24H33N5O2.HI/c1-4-30-21-13-19-11-17(2)31-22(19)14-20(21)16-28-24(25-3)27-15-18-7-8-26-23(12-18)29-9-5-6-10-29;/h7-8,12-14,17H,4-6,9-11,15-16H2,1-3H3,(H2,25,27,28);1H. The van der Waals surface area contributed by atoms with Crippen molar-refractivity contribution in [2.24, 2.45) is 4.99 Å². The molecule has 2 aliphatic heterocycles. The van der Waals surface area contributed by atoms with E-state index in [-0.39, 0.29) is 30.1 Å². The Labute approximate surface area is 208 Å². The van der Waals surface area contributed by atoms with Crippen molar-refractivity contribution in [1.29, 1.82) is 0 Å². The molecule has 4 rings (SSSR count). The third-order valence-corrected chi connectivity index (χ3v) is 5.75. The summed E-state index contributed by atoms with van der Waals surface area (Å²) < 4.78 is 11.8. The molecule has 0 aliphatic carbocycles. The number of benzene rings is 1. The van der Waals surface area contributed by atoms with Gasteiger partial charge in [0.25, 0.3) is 0 Å². The Kier molecular flexibility index (Phi) is 8.84. The Hall–Kier alpha value is -2.23. The highest BCUT2D eigenvalue weighted by molar-refractivity contribution is 14.0. The summed E-state index contributed by atoms with van der Waals surface area (Å²) in [6, 6.07) is 8.42. The van der Waals surface area contributed by atoms with Gasteiger partial charge in [-0.15, -0.1) is 24.0 Å². The van der Waals surface area contributed by atoms with Gasteiger partial charge >= 0.3 is 0 Å². The molecule has 1 unspecified atom stereocenters. The van der Waals surface area contributed by atoms with Crippen molar-refractivity contribution in [3.8, 4) is 11.5 Å². The van der Waals surface area contributed by atoms with E-state index < -0.39 is 0 Å². The number of pyridine rings is 1. The van der Waals surface area contributed by atoms with Gasteiger partial charge in [-0.2, -0.15) is 0 Å². The Balaban J connectivity index is 0.00000289. The van der Waals surface area contributed by atoms with Crippen LogP contribution in [0.4, 0.5) is 5.82 Å². The Morgan fingerprint density at radius 1 is 1.22 bits per heavy atom. The predicted molar refractivity (Wildman–Crippen MR) is 140 cm³/mol. The van der Waals surface area contributed by atoms with Crippen molar-refractivity contribution in [2.45, 2.75) is 52.3 Å². The third kappa shape index (κ3) is 5.96. The van der Waals surface area contributed by atoms with Gasteiger partial charge in [-0.05, 0) is 56.5 Å². The molecule has 2 aliphatic rings. The molecule has 3 heterocycles. The second-order valence-electron chi connectivity index (χ2n) is 8.13. The molecule has 1 saturated heterocycles. The lowest BCUT2D eigenvalue weighted by molar-refractivity contribution is 0.254. The SMILES string of the molecule is CCOc1cc2c(cc1CNC(=NC)NCc1ccnc(N3CCCC3)c1)OC(C)C2.I. The summed E-state index contributed by atoms with van der Waals surface area (Å²) in [6.45, 7) is 8.22. The number of hydrogen-bond acceptors (Lipinski definition) is 5. The summed E-state index contributed by atoms with van der Waals surface area (Å²) in [6.07, 6.45) is 5.53. The number of halogens is 1. The van der Waals surface area contributed by atoms with Gasteiger partial charge < -0.3 is 25.0 Å². The summed E-state index contributed by atoms with van der Waals surface area (Å²) in [5, 5.41) is 6.81. The number of nitrogens with one attached hydrogen (secondary N) is 2. The number of anilines is 1. The van der Waals surface area contributed by atoms with Crippen LogP contribution in [0.3, 0.4) is 0 Å². The molecule has 1 fully saturated rings. The first-order chi connectivity index (χ1) is 15.2. The molecule has 8 heteroatoms. The fraction of sp³-hybridized carbons (Fsp3) is 0.500. The van der Waals surface area contributed by atoms with Crippen LogP contribution >= 0.6 is 24.0 Å². The van der Waals surface area contributed by atoms with Crippen LogP contribution in [-0.4, -0.2) is 43.8 Å².